The second-order valence-electron chi connectivity index (χ2n) is 6.94. The Balaban J connectivity index is 1.65. The van der Waals surface area contributed by atoms with E-state index in [1.54, 1.807) is 12.1 Å². The van der Waals surface area contributed by atoms with Crippen LogP contribution < -0.4 is 9.47 Å². The number of benzene rings is 3. The summed E-state index contributed by atoms with van der Waals surface area (Å²) in [6.07, 6.45) is -8.84. The van der Waals surface area contributed by atoms with E-state index < -0.39 is 23.5 Å². The zero-order chi connectivity index (χ0) is 23.4. The summed E-state index contributed by atoms with van der Waals surface area (Å²) in [7, 11) is 0. The lowest BCUT2D eigenvalue weighted by Gasteiger charge is -2.13. The molecular weight excluding hydrogens is 438 g/mol. The number of hydrogen-bond acceptors (Lipinski definition) is 3. The van der Waals surface area contributed by atoms with E-state index in [4.69, 9.17) is 9.47 Å². The second kappa shape index (κ2) is 9.52. The Hall–Kier alpha value is -3.20. The fraction of sp³-hybridized carbons (Fsp3) is 0.217. The Bertz CT molecular complexity index is 946. The van der Waals surface area contributed by atoms with Gasteiger partial charge in [-0.1, -0.05) is 24.3 Å². The maximum Gasteiger partial charge on any atom is 0.416 e. The molecule has 0 saturated carbocycles. The molecule has 0 bridgehead atoms. The minimum absolute atomic E-state index is 0.00857. The molecule has 0 aliphatic carbocycles. The monoisotopic (exact) mass is 456 g/mol. The average Bonchev–Trinajstić information content (AvgIpc) is 2.75. The first kappa shape index (κ1) is 23.5. The fourth-order valence-electron chi connectivity index (χ4n) is 2.80. The molecule has 0 saturated heterocycles. The van der Waals surface area contributed by atoms with Gasteiger partial charge in [-0.15, -0.1) is 0 Å². The van der Waals surface area contributed by atoms with Crippen molar-refractivity contribution in [3.05, 3.63) is 94.5 Å². The summed E-state index contributed by atoms with van der Waals surface area (Å²) < 4.78 is 87.1. The highest BCUT2D eigenvalue weighted by Gasteiger charge is 2.30. The van der Waals surface area contributed by atoms with Crippen LogP contribution in [0.4, 0.5) is 26.3 Å². The van der Waals surface area contributed by atoms with Gasteiger partial charge in [0.05, 0.1) is 17.7 Å². The molecule has 1 N–H and O–H groups in total. The summed E-state index contributed by atoms with van der Waals surface area (Å²) in [6.45, 7) is -0.329. The van der Waals surface area contributed by atoms with Crippen LogP contribution in [0, 0.1) is 0 Å². The van der Waals surface area contributed by atoms with Crippen LogP contribution >= 0.6 is 0 Å². The van der Waals surface area contributed by atoms with E-state index in [9.17, 15) is 31.4 Å². The quantitative estimate of drug-likeness (QED) is 0.420. The number of halogens is 6. The largest absolute Gasteiger partial charge is 0.489 e. The summed E-state index contributed by atoms with van der Waals surface area (Å²) in [5.74, 6) is 0.637. The van der Waals surface area contributed by atoms with Crippen molar-refractivity contribution in [3.63, 3.8) is 0 Å². The third-order valence-electron chi connectivity index (χ3n) is 4.50. The Morgan fingerprint density at radius 2 is 0.938 bits per heavy atom. The average molecular weight is 456 g/mol. The smallest absolute Gasteiger partial charge is 0.416 e. The van der Waals surface area contributed by atoms with Crippen molar-refractivity contribution in [1.82, 2.24) is 0 Å². The van der Waals surface area contributed by atoms with Gasteiger partial charge in [0.1, 0.15) is 24.7 Å². The Kier molecular flexibility index (Phi) is 6.98. The number of hydrogen-bond donors (Lipinski definition) is 1. The second-order valence-corrected chi connectivity index (χ2v) is 6.94. The first-order valence-electron chi connectivity index (χ1n) is 9.37. The Labute approximate surface area is 179 Å². The predicted octanol–water partition coefficient (Wildman–Crippen LogP) is 6.37. The van der Waals surface area contributed by atoms with Crippen molar-refractivity contribution in [2.75, 3.05) is 0 Å². The highest BCUT2D eigenvalue weighted by molar-refractivity contribution is 5.39. The molecule has 3 aromatic rings. The lowest BCUT2D eigenvalue weighted by molar-refractivity contribution is -0.138. The van der Waals surface area contributed by atoms with Gasteiger partial charge in [-0.25, -0.2) is 0 Å². The van der Waals surface area contributed by atoms with E-state index in [0.29, 0.717) is 28.2 Å². The van der Waals surface area contributed by atoms with Crippen LogP contribution in [0.2, 0.25) is 0 Å². The number of ether oxygens (including phenoxy) is 2. The molecule has 0 atom stereocenters. The highest BCUT2D eigenvalue weighted by Crippen LogP contribution is 2.31. The zero-order valence-corrected chi connectivity index (χ0v) is 16.5. The van der Waals surface area contributed by atoms with Gasteiger partial charge in [0.2, 0.25) is 0 Å². The van der Waals surface area contributed by atoms with Gasteiger partial charge in [-0.05, 0) is 53.1 Å². The van der Waals surface area contributed by atoms with Gasteiger partial charge in [-0.3, -0.25) is 0 Å². The zero-order valence-electron chi connectivity index (χ0n) is 16.5. The summed E-state index contributed by atoms with van der Waals surface area (Å²) >= 11 is 0. The predicted molar refractivity (Wildman–Crippen MR) is 104 cm³/mol. The molecule has 32 heavy (non-hydrogen) atoms. The third-order valence-corrected chi connectivity index (χ3v) is 4.50. The van der Waals surface area contributed by atoms with Crippen molar-refractivity contribution in [2.24, 2.45) is 0 Å². The van der Waals surface area contributed by atoms with E-state index in [-0.39, 0.29) is 19.8 Å². The third kappa shape index (κ3) is 6.40. The van der Waals surface area contributed by atoms with Crippen LogP contribution in [0.3, 0.4) is 0 Å². The van der Waals surface area contributed by atoms with E-state index >= 15 is 0 Å². The molecule has 0 radical (unpaired) electrons. The molecule has 3 nitrogen and oxygen atoms in total. The summed E-state index contributed by atoms with van der Waals surface area (Å²) in [5, 5.41) is 9.45. The van der Waals surface area contributed by atoms with Gasteiger partial charge in [-0.2, -0.15) is 26.3 Å². The van der Waals surface area contributed by atoms with E-state index in [1.807, 2.05) is 0 Å². The lowest BCUT2D eigenvalue weighted by Crippen LogP contribution is -2.05. The van der Waals surface area contributed by atoms with E-state index in [0.717, 1.165) is 24.3 Å². The number of rotatable bonds is 7. The topological polar surface area (TPSA) is 38.7 Å². The van der Waals surface area contributed by atoms with E-state index in [2.05, 4.69) is 0 Å². The molecule has 0 heterocycles. The van der Waals surface area contributed by atoms with Crippen molar-refractivity contribution < 1.29 is 40.9 Å². The lowest BCUT2D eigenvalue weighted by atomic mass is 10.1. The molecule has 9 heteroatoms. The molecule has 0 unspecified atom stereocenters. The van der Waals surface area contributed by atoms with Crippen LogP contribution in [-0.2, 0) is 32.2 Å². The first-order chi connectivity index (χ1) is 15.0. The minimum atomic E-state index is -4.42. The maximum atomic E-state index is 12.6. The molecular formula is C23H18F6O3. The molecule has 0 amide bonds. The molecule has 0 fully saturated rings. The molecule has 170 valence electrons. The summed E-state index contributed by atoms with van der Waals surface area (Å²) in [5.41, 5.74) is -0.0263. The van der Waals surface area contributed by atoms with Crippen molar-refractivity contribution >= 4 is 0 Å². The first-order valence-corrected chi connectivity index (χ1v) is 9.37. The molecule has 0 aliphatic rings. The molecule has 0 aromatic heterocycles. The SMILES string of the molecule is OCc1cc(OCc2ccc(C(F)(F)F)cc2)cc(OCc2ccc(C(F)(F)F)cc2)c1. The van der Waals surface area contributed by atoms with Crippen LogP contribution in [0.15, 0.2) is 66.7 Å². The Morgan fingerprint density at radius 1 is 0.562 bits per heavy atom. The van der Waals surface area contributed by atoms with Crippen molar-refractivity contribution in [1.29, 1.82) is 0 Å². The van der Waals surface area contributed by atoms with Gasteiger partial charge < -0.3 is 14.6 Å². The van der Waals surface area contributed by atoms with Crippen LogP contribution in [0.5, 0.6) is 11.5 Å². The number of alkyl halides is 6. The molecule has 3 aromatic carbocycles. The van der Waals surface area contributed by atoms with Crippen LogP contribution in [0.25, 0.3) is 0 Å². The minimum Gasteiger partial charge on any atom is -0.489 e. The maximum absolute atomic E-state index is 12.6. The van der Waals surface area contributed by atoms with Gasteiger partial charge in [0.25, 0.3) is 0 Å². The van der Waals surface area contributed by atoms with Gasteiger partial charge in [0.15, 0.2) is 0 Å². The summed E-state index contributed by atoms with van der Waals surface area (Å²) in [4.78, 5) is 0. The van der Waals surface area contributed by atoms with Gasteiger partial charge >= 0.3 is 12.4 Å². The number of aliphatic hydroxyl groups excluding tert-OH is 1. The van der Waals surface area contributed by atoms with Crippen molar-refractivity contribution in [3.8, 4) is 11.5 Å². The Morgan fingerprint density at radius 3 is 1.25 bits per heavy atom. The fourth-order valence-corrected chi connectivity index (χ4v) is 2.80. The van der Waals surface area contributed by atoms with E-state index in [1.165, 1.54) is 30.3 Å². The highest BCUT2D eigenvalue weighted by atomic mass is 19.4. The molecule has 3 rings (SSSR count). The normalized spacial score (nSPS) is 12.0. The standard InChI is InChI=1S/C23H18F6O3/c24-22(25,26)18-5-1-15(2-6-18)13-31-20-9-17(12-30)10-21(11-20)32-14-16-3-7-19(8-4-16)23(27,28)29/h1-11,30H,12-14H2. The van der Waals surface area contributed by atoms with Crippen LogP contribution in [0.1, 0.15) is 27.8 Å². The van der Waals surface area contributed by atoms with Gasteiger partial charge in [0, 0.05) is 6.07 Å². The molecule has 0 spiro atoms. The van der Waals surface area contributed by atoms with Crippen molar-refractivity contribution in [2.45, 2.75) is 32.2 Å². The molecule has 0 aliphatic heterocycles. The number of aliphatic hydroxyl groups is 1. The van der Waals surface area contributed by atoms with Crippen LogP contribution in [-0.4, -0.2) is 5.11 Å². The summed E-state index contributed by atoms with van der Waals surface area (Å²) in [6, 6.07) is 13.7.